The summed E-state index contributed by atoms with van der Waals surface area (Å²) in [5.41, 5.74) is 6.58. The third-order valence-corrected chi connectivity index (χ3v) is 5.50. The Bertz CT molecular complexity index is 299. The van der Waals surface area contributed by atoms with E-state index in [-0.39, 0.29) is 17.8 Å². The Kier molecular flexibility index (Phi) is 2.77. The van der Waals surface area contributed by atoms with Crippen LogP contribution in [0.15, 0.2) is 0 Å². The maximum atomic E-state index is 7.91. The average molecular weight is 243 g/mol. The SMILES string of the molecule is CCC12CC3CC(C1)CC(C(=N)N)(C3)C2.Cl. The van der Waals surface area contributed by atoms with Gasteiger partial charge in [0.2, 0.25) is 0 Å². The topological polar surface area (TPSA) is 49.9 Å². The lowest BCUT2D eigenvalue weighted by atomic mass is 9.43. The van der Waals surface area contributed by atoms with Crippen molar-refractivity contribution in [2.75, 3.05) is 0 Å². The molecule has 0 aromatic heterocycles. The van der Waals surface area contributed by atoms with Crippen LogP contribution in [-0.2, 0) is 0 Å². The monoisotopic (exact) mass is 242 g/mol. The highest BCUT2D eigenvalue weighted by molar-refractivity contribution is 5.85. The summed E-state index contributed by atoms with van der Waals surface area (Å²) >= 11 is 0. The van der Waals surface area contributed by atoms with Crippen LogP contribution in [0.5, 0.6) is 0 Å². The van der Waals surface area contributed by atoms with Crippen molar-refractivity contribution in [2.45, 2.75) is 51.9 Å². The number of rotatable bonds is 2. The second kappa shape index (κ2) is 3.63. The summed E-state index contributed by atoms with van der Waals surface area (Å²) in [5.74, 6) is 2.26. The molecule has 0 aliphatic heterocycles. The molecule has 0 spiro atoms. The minimum atomic E-state index is 0. The molecule has 0 aromatic carbocycles. The highest BCUT2D eigenvalue weighted by Crippen LogP contribution is 2.66. The lowest BCUT2D eigenvalue weighted by Gasteiger charge is -2.61. The third-order valence-electron chi connectivity index (χ3n) is 5.50. The summed E-state index contributed by atoms with van der Waals surface area (Å²) in [6, 6.07) is 0. The van der Waals surface area contributed by atoms with E-state index in [2.05, 4.69) is 6.92 Å². The van der Waals surface area contributed by atoms with E-state index in [1.54, 1.807) is 0 Å². The third kappa shape index (κ3) is 1.49. The zero-order chi connectivity index (χ0) is 10.7. The van der Waals surface area contributed by atoms with Gasteiger partial charge in [0.1, 0.15) is 0 Å². The van der Waals surface area contributed by atoms with Crippen molar-refractivity contribution in [1.29, 1.82) is 5.41 Å². The van der Waals surface area contributed by atoms with Gasteiger partial charge in [0.05, 0.1) is 5.84 Å². The second-order valence-corrected chi connectivity index (χ2v) is 6.51. The fourth-order valence-corrected chi connectivity index (χ4v) is 5.18. The van der Waals surface area contributed by atoms with Gasteiger partial charge in [-0.15, -0.1) is 12.4 Å². The molecule has 3 heteroatoms. The van der Waals surface area contributed by atoms with Crippen LogP contribution in [0, 0.1) is 28.1 Å². The molecular weight excluding hydrogens is 220 g/mol. The van der Waals surface area contributed by atoms with Gasteiger partial charge in [-0.3, -0.25) is 5.41 Å². The number of hydrogen-bond acceptors (Lipinski definition) is 1. The lowest BCUT2D eigenvalue weighted by molar-refractivity contribution is -0.0808. The Hall–Kier alpha value is -0.240. The first-order chi connectivity index (χ1) is 7.07. The van der Waals surface area contributed by atoms with Crippen molar-refractivity contribution >= 4 is 18.2 Å². The van der Waals surface area contributed by atoms with Crippen molar-refractivity contribution in [1.82, 2.24) is 0 Å². The van der Waals surface area contributed by atoms with E-state index in [0.717, 1.165) is 11.8 Å². The molecular formula is C13H23ClN2. The van der Waals surface area contributed by atoms with E-state index >= 15 is 0 Å². The highest BCUT2D eigenvalue weighted by atomic mass is 35.5. The van der Waals surface area contributed by atoms with Gasteiger partial charge in [-0.25, -0.2) is 0 Å². The first-order valence-corrected chi connectivity index (χ1v) is 6.42. The van der Waals surface area contributed by atoms with E-state index in [1.807, 2.05) is 0 Å². The van der Waals surface area contributed by atoms with Crippen LogP contribution in [-0.4, -0.2) is 5.84 Å². The summed E-state index contributed by atoms with van der Waals surface area (Å²) in [7, 11) is 0. The van der Waals surface area contributed by atoms with Crippen LogP contribution in [0.2, 0.25) is 0 Å². The smallest absolute Gasteiger partial charge is 0.0969 e. The first-order valence-electron chi connectivity index (χ1n) is 6.42. The minimum Gasteiger partial charge on any atom is -0.387 e. The van der Waals surface area contributed by atoms with Crippen molar-refractivity contribution < 1.29 is 0 Å². The first kappa shape index (κ1) is 12.2. The summed E-state index contributed by atoms with van der Waals surface area (Å²) in [5, 5.41) is 7.91. The van der Waals surface area contributed by atoms with Crippen molar-refractivity contribution in [3.8, 4) is 0 Å². The number of hydrogen-bond donors (Lipinski definition) is 2. The summed E-state index contributed by atoms with van der Waals surface area (Å²) in [6.07, 6.45) is 9.25. The van der Waals surface area contributed by atoms with E-state index < -0.39 is 0 Å². The molecule has 92 valence electrons. The van der Waals surface area contributed by atoms with Crippen molar-refractivity contribution in [3.05, 3.63) is 0 Å². The Morgan fingerprint density at radius 2 is 1.81 bits per heavy atom. The molecule has 2 nitrogen and oxygen atoms in total. The lowest BCUT2D eigenvalue weighted by Crippen LogP contribution is -2.56. The molecule has 2 unspecified atom stereocenters. The van der Waals surface area contributed by atoms with Gasteiger partial charge in [-0.05, 0) is 55.8 Å². The number of amidine groups is 1. The van der Waals surface area contributed by atoms with Gasteiger partial charge in [0, 0.05) is 5.41 Å². The van der Waals surface area contributed by atoms with E-state index in [1.165, 1.54) is 44.9 Å². The van der Waals surface area contributed by atoms with Gasteiger partial charge < -0.3 is 5.73 Å². The summed E-state index contributed by atoms with van der Waals surface area (Å²) in [4.78, 5) is 0. The molecule has 3 N–H and O–H groups in total. The average Bonchev–Trinajstić information content (AvgIpc) is 2.15. The molecule has 4 aliphatic rings. The van der Waals surface area contributed by atoms with Gasteiger partial charge in [-0.1, -0.05) is 13.3 Å². The van der Waals surface area contributed by atoms with Gasteiger partial charge in [-0.2, -0.15) is 0 Å². The summed E-state index contributed by atoms with van der Waals surface area (Å²) < 4.78 is 0. The zero-order valence-corrected chi connectivity index (χ0v) is 10.9. The zero-order valence-electron chi connectivity index (χ0n) is 10.1. The molecule has 4 bridgehead atoms. The molecule has 4 rings (SSSR count). The Balaban J connectivity index is 0.000000963. The Labute approximate surface area is 104 Å². The fourth-order valence-electron chi connectivity index (χ4n) is 5.18. The fraction of sp³-hybridized carbons (Fsp3) is 0.923. The Morgan fingerprint density at radius 3 is 2.25 bits per heavy atom. The Morgan fingerprint density at radius 1 is 1.25 bits per heavy atom. The van der Waals surface area contributed by atoms with Crippen LogP contribution in [0.25, 0.3) is 0 Å². The number of nitrogens with one attached hydrogen (secondary N) is 1. The van der Waals surface area contributed by atoms with Crippen LogP contribution < -0.4 is 5.73 Å². The number of halogens is 1. The predicted octanol–water partition coefficient (Wildman–Crippen LogP) is 3.34. The quantitative estimate of drug-likeness (QED) is 0.566. The molecule has 4 saturated carbocycles. The maximum Gasteiger partial charge on any atom is 0.0969 e. The van der Waals surface area contributed by atoms with Crippen LogP contribution in [0.3, 0.4) is 0 Å². The van der Waals surface area contributed by atoms with E-state index in [0.29, 0.717) is 11.3 Å². The van der Waals surface area contributed by atoms with Crippen molar-refractivity contribution in [3.63, 3.8) is 0 Å². The second-order valence-electron chi connectivity index (χ2n) is 6.51. The largest absolute Gasteiger partial charge is 0.387 e. The van der Waals surface area contributed by atoms with Gasteiger partial charge >= 0.3 is 0 Å². The molecule has 2 atom stereocenters. The molecule has 0 radical (unpaired) electrons. The molecule has 4 aliphatic carbocycles. The van der Waals surface area contributed by atoms with E-state index in [9.17, 15) is 0 Å². The normalized spacial score (nSPS) is 48.8. The summed E-state index contributed by atoms with van der Waals surface area (Å²) in [6.45, 7) is 2.33. The molecule has 0 aromatic rings. The predicted molar refractivity (Wildman–Crippen MR) is 69.0 cm³/mol. The molecule has 0 amide bonds. The van der Waals surface area contributed by atoms with Gasteiger partial charge in [0.15, 0.2) is 0 Å². The van der Waals surface area contributed by atoms with E-state index in [4.69, 9.17) is 11.1 Å². The van der Waals surface area contributed by atoms with Crippen LogP contribution in [0.1, 0.15) is 51.9 Å². The molecule has 16 heavy (non-hydrogen) atoms. The standard InChI is InChI=1S/C13H22N2.ClH/c1-2-12-4-9-3-10(5-12)7-13(6-9,8-12)11(14)15;/h9-10H,2-8H2,1H3,(H3,14,15);1H. The van der Waals surface area contributed by atoms with Crippen molar-refractivity contribution in [2.24, 2.45) is 28.4 Å². The van der Waals surface area contributed by atoms with Crippen LogP contribution >= 0.6 is 12.4 Å². The number of nitrogens with two attached hydrogens (primary N) is 1. The van der Waals surface area contributed by atoms with Gasteiger partial charge in [0.25, 0.3) is 0 Å². The molecule has 0 saturated heterocycles. The van der Waals surface area contributed by atoms with Crippen LogP contribution in [0.4, 0.5) is 0 Å². The minimum absolute atomic E-state index is 0. The maximum absolute atomic E-state index is 7.91. The molecule has 0 heterocycles. The molecule has 4 fully saturated rings. The highest BCUT2D eigenvalue weighted by Gasteiger charge is 2.58.